The summed E-state index contributed by atoms with van der Waals surface area (Å²) in [4.78, 5) is 0. The van der Waals surface area contributed by atoms with Crippen molar-refractivity contribution >= 4 is 5.57 Å². The van der Waals surface area contributed by atoms with Crippen LogP contribution in [0.25, 0.3) is 5.57 Å². The van der Waals surface area contributed by atoms with E-state index in [1.165, 1.54) is 24.3 Å². The fourth-order valence-corrected chi connectivity index (χ4v) is 1.24. The van der Waals surface area contributed by atoms with Crippen molar-refractivity contribution in [3.8, 4) is 0 Å². The van der Waals surface area contributed by atoms with Gasteiger partial charge in [0.15, 0.2) is 5.60 Å². The van der Waals surface area contributed by atoms with Crippen LogP contribution in [0.5, 0.6) is 0 Å². The third-order valence-electron chi connectivity index (χ3n) is 2.49. The Morgan fingerprint density at radius 2 is 1.62 bits per heavy atom. The molecule has 0 radical (unpaired) electrons. The van der Waals surface area contributed by atoms with Gasteiger partial charge in [-0.1, -0.05) is 36.4 Å². The maximum absolute atomic E-state index is 12.5. The first-order valence-electron chi connectivity index (χ1n) is 4.72. The van der Waals surface area contributed by atoms with E-state index in [-0.39, 0.29) is 5.56 Å². The molecule has 0 fully saturated rings. The van der Waals surface area contributed by atoms with Crippen molar-refractivity contribution in [2.75, 3.05) is 0 Å². The number of benzene rings is 1. The summed E-state index contributed by atoms with van der Waals surface area (Å²) in [5.41, 5.74) is -1.48. The Hall–Kier alpha value is -1.29. The molecule has 1 atom stereocenters. The summed E-state index contributed by atoms with van der Waals surface area (Å²) < 4.78 is 37.5. The lowest BCUT2D eigenvalue weighted by Crippen LogP contribution is -2.39. The van der Waals surface area contributed by atoms with E-state index in [4.69, 9.17) is 0 Å². The SMILES string of the molecule is C=C(C)c1ccc(C(C)(O)C(F)(F)F)cc1. The average molecular weight is 230 g/mol. The number of allylic oxidation sites excluding steroid dienone is 1. The summed E-state index contributed by atoms with van der Waals surface area (Å²) in [6, 6.07) is 5.55. The van der Waals surface area contributed by atoms with E-state index in [1.54, 1.807) is 6.92 Å². The molecule has 1 nitrogen and oxygen atoms in total. The molecule has 0 aliphatic heterocycles. The van der Waals surface area contributed by atoms with E-state index in [0.29, 0.717) is 0 Å². The van der Waals surface area contributed by atoms with Crippen LogP contribution in [0.1, 0.15) is 25.0 Å². The van der Waals surface area contributed by atoms with Gasteiger partial charge in [0.2, 0.25) is 0 Å². The Morgan fingerprint density at radius 3 is 1.94 bits per heavy atom. The maximum atomic E-state index is 12.5. The highest BCUT2D eigenvalue weighted by Crippen LogP contribution is 2.38. The minimum absolute atomic E-state index is 0.176. The van der Waals surface area contributed by atoms with Crippen LogP contribution in [0.3, 0.4) is 0 Å². The van der Waals surface area contributed by atoms with Crippen molar-refractivity contribution in [2.24, 2.45) is 0 Å². The van der Waals surface area contributed by atoms with E-state index in [2.05, 4.69) is 6.58 Å². The Kier molecular flexibility index (Phi) is 3.15. The van der Waals surface area contributed by atoms with Crippen LogP contribution < -0.4 is 0 Å². The van der Waals surface area contributed by atoms with Crippen molar-refractivity contribution in [2.45, 2.75) is 25.6 Å². The molecule has 1 unspecified atom stereocenters. The summed E-state index contributed by atoms with van der Waals surface area (Å²) in [5.74, 6) is 0. The van der Waals surface area contributed by atoms with Crippen molar-refractivity contribution in [1.29, 1.82) is 0 Å². The first-order chi connectivity index (χ1) is 7.16. The van der Waals surface area contributed by atoms with Crippen LogP contribution in [0.2, 0.25) is 0 Å². The monoisotopic (exact) mass is 230 g/mol. The van der Waals surface area contributed by atoms with Gasteiger partial charge in [0.25, 0.3) is 0 Å². The first-order valence-corrected chi connectivity index (χ1v) is 4.72. The number of aliphatic hydroxyl groups is 1. The number of halogens is 3. The molecule has 0 spiro atoms. The van der Waals surface area contributed by atoms with Gasteiger partial charge < -0.3 is 5.11 Å². The lowest BCUT2D eigenvalue weighted by atomic mass is 9.93. The van der Waals surface area contributed by atoms with Crippen LogP contribution in [0.4, 0.5) is 13.2 Å². The van der Waals surface area contributed by atoms with E-state index in [9.17, 15) is 18.3 Å². The molecule has 0 aliphatic carbocycles. The number of hydrogen-bond acceptors (Lipinski definition) is 1. The molecule has 0 aromatic heterocycles. The van der Waals surface area contributed by atoms with Gasteiger partial charge in [0, 0.05) is 0 Å². The van der Waals surface area contributed by atoms with Gasteiger partial charge in [-0.2, -0.15) is 13.2 Å². The van der Waals surface area contributed by atoms with E-state index in [1.807, 2.05) is 0 Å². The van der Waals surface area contributed by atoms with Crippen LogP contribution in [0.15, 0.2) is 30.8 Å². The molecule has 0 aliphatic rings. The van der Waals surface area contributed by atoms with E-state index in [0.717, 1.165) is 18.1 Å². The minimum atomic E-state index is -4.68. The molecule has 1 N–H and O–H groups in total. The lowest BCUT2D eigenvalue weighted by Gasteiger charge is -2.26. The zero-order valence-corrected chi connectivity index (χ0v) is 9.10. The Balaban J connectivity index is 3.11. The molecule has 1 aromatic rings. The van der Waals surface area contributed by atoms with Gasteiger partial charge in [-0.3, -0.25) is 0 Å². The first kappa shape index (κ1) is 12.8. The number of alkyl halides is 3. The zero-order valence-electron chi connectivity index (χ0n) is 9.10. The van der Waals surface area contributed by atoms with Crippen LogP contribution >= 0.6 is 0 Å². The molecule has 16 heavy (non-hydrogen) atoms. The van der Waals surface area contributed by atoms with Gasteiger partial charge in [0.1, 0.15) is 0 Å². The molecule has 0 saturated carbocycles. The Bertz CT molecular complexity index is 388. The molecule has 0 amide bonds. The molecule has 1 aromatic carbocycles. The third kappa shape index (κ3) is 2.27. The second-order valence-corrected chi connectivity index (χ2v) is 3.93. The lowest BCUT2D eigenvalue weighted by molar-refractivity contribution is -0.258. The van der Waals surface area contributed by atoms with Crippen molar-refractivity contribution in [3.05, 3.63) is 42.0 Å². The summed E-state index contributed by atoms with van der Waals surface area (Å²) in [6.07, 6.45) is -4.68. The predicted octanol–water partition coefficient (Wildman–Crippen LogP) is 3.49. The predicted molar refractivity (Wildman–Crippen MR) is 56.8 cm³/mol. The van der Waals surface area contributed by atoms with Crippen LogP contribution in [0, 0.1) is 0 Å². The largest absolute Gasteiger partial charge is 0.421 e. The van der Waals surface area contributed by atoms with Gasteiger partial charge in [-0.25, -0.2) is 0 Å². The Labute approximate surface area is 92.2 Å². The van der Waals surface area contributed by atoms with Crippen molar-refractivity contribution in [1.82, 2.24) is 0 Å². The topological polar surface area (TPSA) is 20.2 Å². The highest BCUT2D eigenvalue weighted by molar-refractivity contribution is 5.61. The summed E-state index contributed by atoms with van der Waals surface area (Å²) in [7, 11) is 0. The van der Waals surface area contributed by atoms with Gasteiger partial charge in [0.05, 0.1) is 0 Å². The molecule has 88 valence electrons. The van der Waals surface area contributed by atoms with Crippen molar-refractivity contribution in [3.63, 3.8) is 0 Å². The molecule has 1 rings (SSSR count). The highest BCUT2D eigenvalue weighted by Gasteiger charge is 2.50. The number of hydrogen-bond donors (Lipinski definition) is 1. The fraction of sp³-hybridized carbons (Fsp3) is 0.333. The smallest absolute Gasteiger partial charge is 0.376 e. The molecule has 0 saturated heterocycles. The zero-order chi connectivity index (χ0) is 12.6. The molecular formula is C12H13F3O. The van der Waals surface area contributed by atoms with Crippen LogP contribution in [-0.2, 0) is 5.60 Å². The maximum Gasteiger partial charge on any atom is 0.421 e. The van der Waals surface area contributed by atoms with Crippen LogP contribution in [-0.4, -0.2) is 11.3 Å². The summed E-state index contributed by atoms with van der Waals surface area (Å²) in [6.45, 7) is 6.18. The van der Waals surface area contributed by atoms with E-state index >= 15 is 0 Å². The molecule has 0 heterocycles. The highest BCUT2D eigenvalue weighted by atomic mass is 19.4. The van der Waals surface area contributed by atoms with Gasteiger partial charge in [-0.15, -0.1) is 0 Å². The summed E-state index contributed by atoms with van der Waals surface area (Å²) in [5, 5.41) is 9.40. The fourth-order valence-electron chi connectivity index (χ4n) is 1.24. The second kappa shape index (κ2) is 3.94. The second-order valence-electron chi connectivity index (χ2n) is 3.93. The average Bonchev–Trinajstić information content (AvgIpc) is 2.16. The standard InChI is InChI=1S/C12H13F3O/c1-8(2)9-4-6-10(7-5-9)11(3,16)12(13,14)15/h4-7,16H,1H2,2-3H3. The third-order valence-corrected chi connectivity index (χ3v) is 2.49. The quantitative estimate of drug-likeness (QED) is 0.824. The Morgan fingerprint density at radius 1 is 1.19 bits per heavy atom. The minimum Gasteiger partial charge on any atom is -0.376 e. The van der Waals surface area contributed by atoms with Crippen molar-refractivity contribution < 1.29 is 18.3 Å². The van der Waals surface area contributed by atoms with E-state index < -0.39 is 11.8 Å². The van der Waals surface area contributed by atoms with Gasteiger partial charge >= 0.3 is 6.18 Å². The normalized spacial score (nSPS) is 15.6. The van der Waals surface area contributed by atoms with Gasteiger partial charge in [-0.05, 0) is 25.0 Å². The molecule has 4 heteroatoms. The molecular weight excluding hydrogens is 217 g/mol. The number of rotatable bonds is 2. The molecule has 0 bridgehead atoms. The summed E-state index contributed by atoms with van der Waals surface area (Å²) >= 11 is 0.